The van der Waals surface area contributed by atoms with E-state index in [0.717, 1.165) is 24.0 Å². The van der Waals surface area contributed by atoms with Gasteiger partial charge in [-0.2, -0.15) is 0 Å². The first-order valence-corrected chi connectivity index (χ1v) is 9.81. The quantitative estimate of drug-likeness (QED) is 0.299. The second-order valence-electron chi connectivity index (χ2n) is 8.24. The van der Waals surface area contributed by atoms with Gasteiger partial charge < -0.3 is 30.3 Å². The summed E-state index contributed by atoms with van der Waals surface area (Å²) >= 11 is 0. The van der Waals surface area contributed by atoms with E-state index in [1.807, 2.05) is 13.0 Å². The molecule has 28 heavy (non-hydrogen) atoms. The molecule has 0 aromatic heterocycles. The minimum Gasteiger partial charge on any atom is -0.392 e. The average Bonchev–Trinajstić information content (AvgIpc) is 3.35. The fourth-order valence-corrected chi connectivity index (χ4v) is 3.78. The molecule has 6 nitrogen and oxygen atoms in total. The third kappa shape index (κ3) is 5.20. The van der Waals surface area contributed by atoms with Gasteiger partial charge in [-0.1, -0.05) is 34.9 Å². The van der Waals surface area contributed by atoms with Crippen LogP contribution in [0, 0.1) is 0 Å². The van der Waals surface area contributed by atoms with Gasteiger partial charge >= 0.3 is 0 Å². The molecule has 0 unspecified atom stereocenters. The van der Waals surface area contributed by atoms with E-state index in [-0.39, 0.29) is 6.61 Å². The fourth-order valence-electron chi connectivity index (χ4n) is 3.78. The molecule has 0 amide bonds. The Morgan fingerprint density at radius 1 is 1.14 bits per heavy atom. The Hall–Kier alpha value is -1.28. The number of aliphatic hydroxyl groups excluding tert-OH is 5. The number of fused-ring (bicyclic) bond motifs is 1. The zero-order valence-corrected chi connectivity index (χ0v) is 17.2. The van der Waals surface area contributed by atoms with E-state index < -0.39 is 36.1 Å². The highest BCUT2D eigenvalue weighted by Crippen LogP contribution is 2.50. The molecule has 0 saturated carbocycles. The van der Waals surface area contributed by atoms with Crippen molar-refractivity contribution in [3.8, 4) is 0 Å². The van der Waals surface area contributed by atoms with E-state index in [4.69, 9.17) is 4.74 Å². The van der Waals surface area contributed by atoms with Crippen LogP contribution in [0.1, 0.15) is 47.0 Å². The van der Waals surface area contributed by atoms with Crippen molar-refractivity contribution < 1.29 is 30.3 Å². The van der Waals surface area contributed by atoms with Crippen LogP contribution in [0.25, 0.3) is 0 Å². The molecule has 5 N–H and O–H groups in total. The highest BCUT2D eigenvalue weighted by molar-refractivity contribution is 5.35. The van der Waals surface area contributed by atoms with Gasteiger partial charge in [0.2, 0.25) is 0 Å². The van der Waals surface area contributed by atoms with Gasteiger partial charge in [-0.05, 0) is 58.6 Å². The van der Waals surface area contributed by atoms with Gasteiger partial charge in [0.05, 0.1) is 12.7 Å². The standard InChI is InChI=1S/C22H34O6/c1-13(2)6-5-7-14(3)8-17(24)9-15(4)10-18(25)22-19(26)11-16(12-23)20(27)21(22)28-22/h6,8,10-11,17-21,23-27H,5,7,9,12H2,1-4H3/b14-8+,15-10+/t17-,18-,19-,20+,21-,22+/m0/s1. The van der Waals surface area contributed by atoms with Crippen molar-refractivity contribution in [2.24, 2.45) is 0 Å². The molecule has 1 heterocycles. The Kier molecular flexibility index (Phi) is 7.79. The van der Waals surface area contributed by atoms with Crippen LogP contribution in [0.3, 0.4) is 0 Å². The van der Waals surface area contributed by atoms with Crippen molar-refractivity contribution in [3.63, 3.8) is 0 Å². The molecule has 2 aliphatic rings. The summed E-state index contributed by atoms with van der Waals surface area (Å²) in [6.07, 6.45) is 4.36. The highest BCUT2D eigenvalue weighted by Gasteiger charge is 2.69. The summed E-state index contributed by atoms with van der Waals surface area (Å²) in [5.41, 5.74) is 2.14. The Labute approximate surface area is 167 Å². The molecule has 0 aromatic rings. The SMILES string of the molecule is CC(C)=CCC/C(C)=C/[C@H](O)C/C(C)=C/[C@H](O)[C@]12O[C@H]1[C@H](O)C(CO)=C[C@@H]2O. The third-order valence-corrected chi connectivity index (χ3v) is 5.41. The summed E-state index contributed by atoms with van der Waals surface area (Å²) in [5, 5.41) is 50.6. The van der Waals surface area contributed by atoms with E-state index in [9.17, 15) is 25.5 Å². The molecule has 0 spiro atoms. The van der Waals surface area contributed by atoms with Gasteiger partial charge in [-0.3, -0.25) is 0 Å². The first-order chi connectivity index (χ1) is 13.1. The highest BCUT2D eigenvalue weighted by atomic mass is 16.6. The van der Waals surface area contributed by atoms with Crippen molar-refractivity contribution >= 4 is 0 Å². The minimum absolute atomic E-state index is 0.294. The van der Waals surface area contributed by atoms with Crippen molar-refractivity contribution in [1.82, 2.24) is 0 Å². The van der Waals surface area contributed by atoms with Gasteiger partial charge in [-0.25, -0.2) is 0 Å². The van der Waals surface area contributed by atoms with Crippen LogP contribution in [0.2, 0.25) is 0 Å². The molecule has 1 aliphatic carbocycles. The molecular formula is C22H34O6. The zero-order valence-electron chi connectivity index (χ0n) is 17.2. The van der Waals surface area contributed by atoms with Crippen molar-refractivity contribution in [2.45, 2.75) is 83.1 Å². The lowest BCUT2D eigenvalue weighted by atomic mass is 9.81. The maximum Gasteiger partial charge on any atom is 0.156 e. The third-order valence-electron chi connectivity index (χ3n) is 5.41. The number of rotatable bonds is 9. The molecule has 158 valence electrons. The summed E-state index contributed by atoms with van der Waals surface area (Å²) in [5.74, 6) is 0. The molecule has 1 fully saturated rings. The molecule has 0 bridgehead atoms. The fraction of sp³-hybridized carbons (Fsp3) is 0.636. The second-order valence-corrected chi connectivity index (χ2v) is 8.24. The normalized spacial score (nSPS) is 32.3. The van der Waals surface area contributed by atoms with Crippen LogP contribution >= 0.6 is 0 Å². The number of aliphatic hydroxyl groups is 5. The Bertz CT molecular complexity index is 673. The summed E-state index contributed by atoms with van der Waals surface area (Å²) in [4.78, 5) is 0. The Morgan fingerprint density at radius 3 is 2.43 bits per heavy atom. The Morgan fingerprint density at radius 2 is 1.82 bits per heavy atom. The van der Waals surface area contributed by atoms with E-state index in [1.165, 1.54) is 11.6 Å². The summed E-state index contributed by atoms with van der Waals surface area (Å²) in [6.45, 7) is 7.54. The number of ether oxygens (including phenoxy) is 1. The lowest BCUT2D eigenvalue weighted by Gasteiger charge is -2.28. The largest absolute Gasteiger partial charge is 0.392 e. The molecule has 1 aliphatic heterocycles. The molecule has 6 heteroatoms. The monoisotopic (exact) mass is 394 g/mol. The van der Waals surface area contributed by atoms with Crippen LogP contribution in [-0.2, 0) is 4.74 Å². The minimum atomic E-state index is -1.29. The molecule has 0 radical (unpaired) electrons. The molecule has 6 atom stereocenters. The predicted octanol–water partition coefficient (Wildman–Crippen LogP) is 1.53. The van der Waals surface area contributed by atoms with E-state index in [1.54, 1.807) is 13.0 Å². The van der Waals surface area contributed by atoms with Gasteiger partial charge in [-0.15, -0.1) is 0 Å². The lowest BCUT2D eigenvalue weighted by molar-refractivity contribution is 0.0265. The maximum absolute atomic E-state index is 10.6. The molecule has 0 aromatic carbocycles. The Balaban J connectivity index is 1.96. The number of hydrogen-bond acceptors (Lipinski definition) is 6. The molecule has 1 saturated heterocycles. The second kappa shape index (κ2) is 9.48. The topological polar surface area (TPSA) is 114 Å². The van der Waals surface area contributed by atoms with Gasteiger partial charge in [0, 0.05) is 0 Å². The first-order valence-electron chi connectivity index (χ1n) is 9.81. The zero-order chi connectivity index (χ0) is 21.1. The van der Waals surface area contributed by atoms with Crippen molar-refractivity contribution in [3.05, 3.63) is 46.6 Å². The summed E-state index contributed by atoms with van der Waals surface area (Å²) in [6, 6.07) is 0. The molecular weight excluding hydrogens is 360 g/mol. The van der Waals surface area contributed by atoms with E-state index in [0.29, 0.717) is 12.0 Å². The van der Waals surface area contributed by atoms with E-state index in [2.05, 4.69) is 19.9 Å². The summed E-state index contributed by atoms with van der Waals surface area (Å²) in [7, 11) is 0. The van der Waals surface area contributed by atoms with E-state index >= 15 is 0 Å². The van der Waals surface area contributed by atoms with Crippen LogP contribution in [-0.4, -0.2) is 68.3 Å². The predicted molar refractivity (Wildman–Crippen MR) is 108 cm³/mol. The number of allylic oxidation sites excluding steroid dienone is 3. The van der Waals surface area contributed by atoms with Crippen LogP contribution in [0.15, 0.2) is 46.6 Å². The molecule has 2 rings (SSSR count). The smallest absolute Gasteiger partial charge is 0.156 e. The lowest BCUT2D eigenvalue weighted by Crippen LogP contribution is -2.48. The van der Waals surface area contributed by atoms with Crippen LogP contribution in [0.5, 0.6) is 0 Å². The maximum atomic E-state index is 10.6. The van der Waals surface area contributed by atoms with Gasteiger partial charge in [0.1, 0.15) is 24.4 Å². The number of hydrogen-bond donors (Lipinski definition) is 5. The summed E-state index contributed by atoms with van der Waals surface area (Å²) < 4.78 is 5.48. The van der Waals surface area contributed by atoms with Crippen molar-refractivity contribution in [1.29, 1.82) is 0 Å². The first kappa shape index (κ1) is 23.0. The average molecular weight is 395 g/mol. The van der Waals surface area contributed by atoms with Crippen molar-refractivity contribution in [2.75, 3.05) is 6.61 Å². The van der Waals surface area contributed by atoms with Crippen LogP contribution < -0.4 is 0 Å². The van der Waals surface area contributed by atoms with Gasteiger partial charge in [0.25, 0.3) is 0 Å². The number of epoxide rings is 1. The van der Waals surface area contributed by atoms with Crippen LogP contribution in [0.4, 0.5) is 0 Å². The van der Waals surface area contributed by atoms with Gasteiger partial charge in [0.15, 0.2) is 5.60 Å².